The summed E-state index contributed by atoms with van der Waals surface area (Å²) in [5.74, 6) is 1.20. The maximum Gasteiger partial charge on any atom is 0.257 e. The largest absolute Gasteiger partial charge is 0.382 e. The number of piperidine rings is 1. The summed E-state index contributed by atoms with van der Waals surface area (Å²) in [6, 6.07) is 7.59. The second kappa shape index (κ2) is 8.68. The van der Waals surface area contributed by atoms with Crippen LogP contribution in [0.1, 0.15) is 53.3 Å². The quantitative estimate of drug-likeness (QED) is 0.425. The monoisotopic (exact) mass is 447 g/mol. The lowest BCUT2D eigenvalue weighted by Crippen LogP contribution is -2.28. The summed E-state index contributed by atoms with van der Waals surface area (Å²) in [4.78, 5) is 27.3. The number of hydrogen-bond donors (Lipinski definition) is 3. The van der Waals surface area contributed by atoms with Gasteiger partial charge in [-0.15, -0.1) is 11.3 Å². The fourth-order valence-corrected chi connectivity index (χ4v) is 4.83. The van der Waals surface area contributed by atoms with Crippen LogP contribution < -0.4 is 16.4 Å². The van der Waals surface area contributed by atoms with Gasteiger partial charge < -0.3 is 11.1 Å². The molecule has 0 spiro atoms. The van der Waals surface area contributed by atoms with Gasteiger partial charge >= 0.3 is 0 Å². The van der Waals surface area contributed by atoms with E-state index in [4.69, 9.17) is 10.7 Å². The topological polar surface area (TPSA) is 110 Å². The molecule has 1 saturated heterocycles. The Kier molecular flexibility index (Phi) is 5.59. The lowest BCUT2D eigenvalue weighted by molar-refractivity contribution is 0.102. The summed E-state index contributed by atoms with van der Waals surface area (Å²) < 4.78 is 2.04. The van der Waals surface area contributed by atoms with Crippen LogP contribution in [0.25, 0.3) is 16.8 Å². The summed E-state index contributed by atoms with van der Waals surface area (Å²) in [6.07, 6.45) is 9.70. The third-order valence-electron chi connectivity index (χ3n) is 5.78. The first-order valence-electron chi connectivity index (χ1n) is 10.9. The van der Waals surface area contributed by atoms with E-state index in [1.54, 1.807) is 24.5 Å². The molecule has 0 saturated carbocycles. The summed E-state index contributed by atoms with van der Waals surface area (Å²) in [5, 5.41) is 7.04. The first-order valence-corrected chi connectivity index (χ1v) is 11.7. The molecule has 4 heterocycles. The van der Waals surface area contributed by atoms with Crippen molar-refractivity contribution >= 4 is 33.7 Å². The van der Waals surface area contributed by atoms with E-state index in [-0.39, 0.29) is 11.9 Å². The van der Waals surface area contributed by atoms with E-state index in [0.717, 1.165) is 46.9 Å². The Balaban J connectivity index is 1.45. The molecule has 9 heteroatoms. The van der Waals surface area contributed by atoms with Crippen LogP contribution in [-0.4, -0.2) is 31.8 Å². The van der Waals surface area contributed by atoms with Gasteiger partial charge in [-0.05, 0) is 37.9 Å². The maximum atomic E-state index is 12.6. The maximum absolute atomic E-state index is 12.6. The Morgan fingerprint density at radius 1 is 1.28 bits per heavy atom. The molecule has 164 valence electrons. The van der Waals surface area contributed by atoms with Crippen LogP contribution in [-0.2, 0) is 6.42 Å². The van der Waals surface area contributed by atoms with Crippen molar-refractivity contribution in [3.8, 4) is 11.3 Å². The van der Waals surface area contributed by atoms with Crippen molar-refractivity contribution in [2.45, 2.75) is 38.6 Å². The number of nitrogens with two attached hydrogens (primary N) is 1. The number of nitrogens with zero attached hydrogens (tertiary/aromatic N) is 4. The smallest absolute Gasteiger partial charge is 0.257 e. The fourth-order valence-electron chi connectivity index (χ4n) is 4.08. The molecule has 1 aromatic carbocycles. The van der Waals surface area contributed by atoms with Crippen molar-refractivity contribution in [1.29, 1.82) is 0 Å². The van der Waals surface area contributed by atoms with Gasteiger partial charge in [0.25, 0.3) is 5.91 Å². The molecule has 1 fully saturated rings. The number of hydrogen-bond acceptors (Lipinski definition) is 7. The standard InChI is InChI=1S/C23H25N7OS/c1-2-16-13-27-23(32-16)29-22(31)15-8-6-14(7-9-15)18-19-20(24)26-11-12-30(19)21(28-18)17-5-3-4-10-25-17/h6-9,11-13,17,25H,2-5,10H2,1H3,(H2,24,26)(H,27,29,31)/t17-/m0/s1. The minimum absolute atomic E-state index is 0.183. The molecule has 0 radical (unpaired) electrons. The van der Waals surface area contributed by atoms with E-state index in [1.807, 2.05) is 22.7 Å². The number of carbonyl (C=O) groups excluding carboxylic acids is 1. The number of benzene rings is 1. The van der Waals surface area contributed by atoms with Gasteiger partial charge in [0.2, 0.25) is 0 Å². The number of imidazole rings is 1. The number of nitrogens with one attached hydrogen (secondary N) is 2. The van der Waals surface area contributed by atoms with Crippen molar-refractivity contribution in [3.05, 3.63) is 59.1 Å². The van der Waals surface area contributed by atoms with Gasteiger partial charge in [-0.2, -0.15) is 0 Å². The normalized spacial score (nSPS) is 16.3. The van der Waals surface area contributed by atoms with Crippen LogP contribution in [0.3, 0.4) is 0 Å². The van der Waals surface area contributed by atoms with E-state index in [1.165, 1.54) is 24.2 Å². The molecular formula is C23H25N7OS. The predicted octanol–water partition coefficient (Wildman–Crippen LogP) is 4.06. The number of anilines is 2. The van der Waals surface area contributed by atoms with Crippen LogP contribution in [0.5, 0.6) is 0 Å². The first-order chi connectivity index (χ1) is 15.6. The summed E-state index contributed by atoms with van der Waals surface area (Å²) in [7, 11) is 0. The second-order valence-electron chi connectivity index (χ2n) is 7.87. The van der Waals surface area contributed by atoms with Crippen LogP contribution in [0.15, 0.2) is 42.9 Å². The van der Waals surface area contributed by atoms with Crippen LogP contribution in [0.4, 0.5) is 10.9 Å². The van der Waals surface area contributed by atoms with Crippen molar-refractivity contribution in [1.82, 2.24) is 24.7 Å². The van der Waals surface area contributed by atoms with Gasteiger partial charge in [0.15, 0.2) is 5.13 Å². The van der Waals surface area contributed by atoms with Gasteiger partial charge in [-0.25, -0.2) is 15.0 Å². The number of amides is 1. The highest BCUT2D eigenvalue weighted by atomic mass is 32.1. The third-order valence-corrected chi connectivity index (χ3v) is 6.83. The molecule has 0 aliphatic carbocycles. The molecule has 1 aliphatic rings. The molecule has 0 unspecified atom stereocenters. The second-order valence-corrected chi connectivity index (χ2v) is 8.98. The van der Waals surface area contributed by atoms with Gasteiger partial charge in [-0.1, -0.05) is 25.5 Å². The molecule has 4 N–H and O–H groups in total. The SMILES string of the molecule is CCc1cnc(NC(=O)c2ccc(-c3nc([C@@H]4CCCCN4)n4ccnc(N)c34)cc2)s1. The van der Waals surface area contributed by atoms with E-state index >= 15 is 0 Å². The zero-order valence-electron chi connectivity index (χ0n) is 17.8. The highest BCUT2D eigenvalue weighted by Crippen LogP contribution is 2.32. The molecule has 8 nitrogen and oxygen atoms in total. The number of rotatable bonds is 5. The average Bonchev–Trinajstić information content (AvgIpc) is 3.45. The average molecular weight is 448 g/mol. The Morgan fingerprint density at radius 3 is 2.84 bits per heavy atom. The molecule has 1 aliphatic heterocycles. The van der Waals surface area contributed by atoms with Crippen LogP contribution in [0, 0.1) is 0 Å². The summed E-state index contributed by atoms with van der Waals surface area (Å²) >= 11 is 1.49. The highest BCUT2D eigenvalue weighted by molar-refractivity contribution is 7.15. The Hall–Kier alpha value is -3.30. The fraction of sp³-hybridized carbons (Fsp3) is 0.304. The van der Waals surface area contributed by atoms with Crippen molar-refractivity contribution in [3.63, 3.8) is 0 Å². The predicted molar refractivity (Wildman–Crippen MR) is 127 cm³/mol. The van der Waals surface area contributed by atoms with Crippen LogP contribution >= 0.6 is 11.3 Å². The Bertz CT molecular complexity index is 1260. The minimum Gasteiger partial charge on any atom is -0.382 e. The number of thiazole rings is 1. The number of aryl methyl sites for hydroxylation is 1. The number of carbonyl (C=O) groups is 1. The number of aromatic nitrogens is 4. The number of fused-ring (bicyclic) bond motifs is 1. The van der Waals surface area contributed by atoms with Gasteiger partial charge in [0.1, 0.15) is 22.9 Å². The van der Waals surface area contributed by atoms with E-state index < -0.39 is 0 Å². The van der Waals surface area contributed by atoms with E-state index in [0.29, 0.717) is 16.5 Å². The van der Waals surface area contributed by atoms with Crippen molar-refractivity contribution in [2.24, 2.45) is 0 Å². The molecular weight excluding hydrogens is 422 g/mol. The van der Waals surface area contributed by atoms with E-state index in [9.17, 15) is 4.79 Å². The first kappa shape index (κ1) is 20.6. The third kappa shape index (κ3) is 3.85. The minimum atomic E-state index is -0.184. The van der Waals surface area contributed by atoms with Crippen molar-refractivity contribution in [2.75, 3.05) is 17.6 Å². The Morgan fingerprint density at radius 2 is 2.12 bits per heavy atom. The van der Waals surface area contributed by atoms with Gasteiger partial charge in [0.05, 0.1) is 6.04 Å². The lowest BCUT2D eigenvalue weighted by Gasteiger charge is -2.22. The summed E-state index contributed by atoms with van der Waals surface area (Å²) in [5.41, 5.74) is 9.27. The molecule has 1 atom stereocenters. The van der Waals surface area contributed by atoms with E-state index in [2.05, 4.69) is 27.5 Å². The highest BCUT2D eigenvalue weighted by Gasteiger charge is 2.23. The molecule has 1 amide bonds. The van der Waals surface area contributed by atoms with Crippen LogP contribution in [0.2, 0.25) is 0 Å². The molecule has 3 aromatic heterocycles. The van der Waals surface area contributed by atoms with Gasteiger partial charge in [0, 0.05) is 34.6 Å². The Labute approximate surface area is 189 Å². The lowest BCUT2D eigenvalue weighted by atomic mass is 10.0. The molecule has 0 bridgehead atoms. The zero-order chi connectivity index (χ0) is 22.1. The molecule has 32 heavy (non-hydrogen) atoms. The number of nitrogen functional groups attached to an aromatic ring is 1. The molecule has 5 rings (SSSR count). The molecule has 4 aromatic rings. The van der Waals surface area contributed by atoms with Crippen molar-refractivity contribution < 1.29 is 4.79 Å². The zero-order valence-corrected chi connectivity index (χ0v) is 18.7. The van der Waals surface area contributed by atoms with Gasteiger partial charge in [-0.3, -0.25) is 14.5 Å². The summed E-state index contributed by atoms with van der Waals surface area (Å²) in [6.45, 7) is 3.05.